The summed E-state index contributed by atoms with van der Waals surface area (Å²) in [6.07, 6.45) is 0.936. The number of carbonyl (C=O) groups is 1. The van der Waals surface area contributed by atoms with E-state index in [9.17, 15) is 4.79 Å². The number of ether oxygens (including phenoxy) is 1. The van der Waals surface area contributed by atoms with Gasteiger partial charge in [-0.3, -0.25) is 4.79 Å². The first-order valence-electron chi connectivity index (χ1n) is 10.3. The minimum atomic E-state index is -0.353. The number of fused-ring (bicyclic) bond motifs is 1. The molecule has 0 fully saturated rings. The van der Waals surface area contributed by atoms with E-state index >= 15 is 0 Å². The van der Waals surface area contributed by atoms with Crippen LogP contribution < -0.4 is 10.1 Å². The fraction of sp³-hybridized carbons (Fsp3) is 0.200. The fourth-order valence-corrected chi connectivity index (χ4v) is 4.21. The molecule has 3 aromatic carbocycles. The third-order valence-corrected chi connectivity index (χ3v) is 6.82. The molecule has 0 aliphatic rings. The van der Waals surface area contributed by atoms with Crippen LogP contribution in [0.4, 0.5) is 5.69 Å². The lowest BCUT2D eigenvalue weighted by Gasteiger charge is -2.15. The molecular formula is C25H21Cl3N2O3. The molecule has 170 valence electrons. The third-order valence-electron chi connectivity index (χ3n) is 5.34. The van der Waals surface area contributed by atoms with Gasteiger partial charge < -0.3 is 14.5 Å². The summed E-state index contributed by atoms with van der Waals surface area (Å²) in [5.74, 6) is 0.414. The number of hydrogen-bond acceptors (Lipinski definition) is 4. The van der Waals surface area contributed by atoms with Gasteiger partial charge in [0.1, 0.15) is 5.52 Å². The summed E-state index contributed by atoms with van der Waals surface area (Å²) in [7, 11) is 0. The van der Waals surface area contributed by atoms with Crippen molar-refractivity contribution >= 4 is 57.5 Å². The molecule has 0 atom stereocenters. The molecule has 1 aromatic heterocycles. The molecule has 33 heavy (non-hydrogen) atoms. The van der Waals surface area contributed by atoms with Crippen LogP contribution in [0, 0.1) is 13.8 Å². The van der Waals surface area contributed by atoms with Crippen molar-refractivity contribution in [1.29, 1.82) is 0 Å². The van der Waals surface area contributed by atoms with E-state index in [0.29, 0.717) is 27.7 Å². The maximum Gasteiger partial charge on any atom is 0.262 e. The predicted octanol–water partition coefficient (Wildman–Crippen LogP) is 7.65. The van der Waals surface area contributed by atoms with Gasteiger partial charge in [0.15, 0.2) is 17.9 Å². The SMILES string of the molecule is CCc1ccc2oc(-c3ccc(NC(=O)COc4c(Cl)c(C)c(Cl)c(C)c4Cl)cc3)nc2c1. The average molecular weight is 504 g/mol. The lowest BCUT2D eigenvalue weighted by molar-refractivity contribution is -0.118. The van der Waals surface area contributed by atoms with Crippen LogP contribution in [0.1, 0.15) is 23.6 Å². The first-order valence-corrected chi connectivity index (χ1v) is 11.5. The Morgan fingerprint density at radius 2 is 1.67 bits per heavy atom. The summed E-state index contributed by atoms with van der Waals surface area (Å²) in [6.45, 7) is 5.37. The van der Waals surface area contributed by atoms with E-state index in [1.807, 2.05) is 30.3 Å². The van der Waals surface area contributed by atoms with Crippen LogP contribution in [0.15, 0.2) is 46.9 Å². The topological polar surface area (TPSA) is 64.4 Å². The second-order valence-electron chi connectivity index (χ2n) is 7.61. The van der Waals surface area contributed by atoms with Crippen LogP contribution in [0.5, 0.6) is 5.75 Å². The van der Waals surface area contributed by atoms with Crippen LogP contribution >= 0.6 is 34.8 Å². The van der Waals surface area contributed by atoms with Crippen molar-refractivity contribution < 1.29 is 13.9 Å². The number of benzene rings is 3. The molecule has 4 rings (SSSR count). The summed E-state index contributed by atoms with van der Waals surface area (Å²) in [6, 6.07) is 13.2. The second kappa shape index (κ2) is 9.64. The van der Waals surface area contributed by atoms with Gasteiger partial charge in [0.05, 0.1) is 10.0 Å². The number of aromatic nitrogens is 1. The number of carbonyl (C=O) groups excluding carboxylic acids is 1. The lowest BCUT2D eigenvalue weighted by atomic mass is 10.1. The van der Waals surface area contributed by atoms with Crippen molar-refractivity contribution in [2.45, 2.75) is 27.2 Å². The maximum atomic E-state index is 12.4. The highest BCUT2D eigenvalue weighted by Crippen LogP contribution is 2.42. The number of hydrogen-bond donors (Lipinski definition) is 1. The Hall–Kier alpha value is -2.73. The van der Waals surface area contributed by atoms with Gasteiger partial charge >= 0.3 is 0 Å². The standard InChI is InChI=1S/C25H21Cl3N2O3/c1-4-15-5-10-19-18(11-15)30-25(33-19)16-6-8-17(9-7-16)29-20(31)12-32-24-22(27)13(2)21(26)14(3)23(24)28/h5-11H,4,12H2,1-3H3,(H,29,31). The van der Waals surface area contributed by atoms with E-state index < -0.39 is 0 Å². The van der Waals surface area contributed by atoms with E-state index in [4.69, 9.17) is 44.0 Å². The van der Waals surface area contributed by atoms with E-state index in [0.717, 1.165) is 23.1 Å². The fourth-order valence-electron chi connectivity index (χ4n) is 3.38. The molecule has 0 saturated heterocycles. The van der Waals surface area contributed by atoms with E-state index in [-0.39, 0.29) is 28.3 Å². The number of anilines is 1. The second-order valence-corrected chi connectivity index (χ2v) is 8.74. The summed E-state index contributed by atoms with van der Waals surface area (Å²) >= 11 is 18.8. The zero-order valence-corrected chi connectivity index (χ0v) is 20.5. The average Bonchev–Trinajstić information content (AvgIpc) is 3.25. The molecule has 1 N–H and O–H groups in total. The van der Waals surface area contributed by atoms with Crippen molar-refractivity contribution in [3.8, 4) is 17.2 Å². The van der Waals surface area contributed by atoms with Gasteiger partial charge in [0, 0.05) is 16.3 Å². The zero-order chi connectivity index (χ0) is 23.7. The molecule has 1 amide bonds. The minimum absolute atomic E-state index is 0.241. The number of aryl methyl sites for hydroxylation is 1. The summed E-state index contributed by atoms with van der Waals surface area (Å²) in [5.41, 5.74) is 5.48. The van der Waals surface area contributed by atoms with Gasteiger partial charge in [-0.05, 0) is 73.4 Å². The normalized spacial score (nSPS) is 11.1. The van der Waals surface area contributed by atoms with Crippen LogP contribution in [-0.2, 0) is 11.2 Å². The van der Waals surface area contributed by atoms with E-state index in [1.165, 1.54) is 5.56 Å². The lowest BCUT2D eigenvalue weighted by Crippen LogP contribution is -2.20. The van der Waals surface area contributed by atoms with Crippen molar-refractivity contribution in [3.05, 3.63) is 74.2 Å². The highest BCUT2D eigenvalue weighted by atomic mass is 35.5. The number of nitrogens with zero attached hydrogens (tertiary/aromatic N) is 1. The smallest absolute Gasteiger partial charge is 0.262 e. The van der Waals surface area contributed by atoms with Crippen molar-refractivity contribution in [2.75, 3.05) is 11.9 Å². The molecule has 0 bridgehead atoms. The van der Waals surface area contributed by atoms with Gasteiger partial charge in [-0.2, -0.15) is 0 Å². The molecule has 0 aliphatic heterocycles. The van der Waals surface area contributed by atoms with Crippen LogP contribution in [0.3, 0.4) is 0 Å². The van der Waals surface area contributed by atoms with Crippen LogP contribution in [0.2, 0.25) is 15.1 Å². The monoisotopic (exact) mass is 502 g/mol. The van der Waals surface area contributed by atoms with Gasteiger partial charge in [-0.1, -0.05) is 47.8 Å². The molecule has 5 nitrogen and oxygen atoms in total. The van der Waals surface area contributed by atoms with Gasteiger partial charge in [0.25, 0.3) is 5.91 Å². The quantitative estimate of drug-likeness (QED) is 0.293. The van der Waals surface area contributed by atoms with Gasteiger partial charge in [-0.15, -0.1) is 0 Å². The van der Waals surface area contributed by atoms with Crippen LogP contribution in [0.25, 0.3) is 22.6 Å². The first kappa shape index (κ1) is 23.4. The Kier molecular flexibility index (Phi) is 6.84. The Bertz CT molecular complexity index is 1320. The number of nitrogens with one attached hydrogen (secondary N) is 1. The highest BCUT2D eigenvalue weighted by Gasteiger charge is 2.19. The number of oxazole rings is 1. The molecule has 0 radical (unpaired) electrons. The number of halogens is 3. The molecule has 0 unspecified atom stereocenters. The molecule has 0 saturated carbocycles. The van der Waals surface area contributed by atoms with Crippen molar-refractivity contribution in [2.24, 2.45) is 0 Å². The van der Waals surface area contributed by atoms with Crippen LogP contribution in [-0.4, -0.2) is 17.5 Å². The molecule has 1 heterocycles. The number of rotatable bonds is 6. The molecular weight excluding hydrogens is 483 g/mol. The van der Waals surface area contributed by atoms with E-state index in [2.05, 4.69) is 17.2 Å². The summed E-state index contributed by atoms with van der Waals surface area (Å²) < 4.78 is 11.5. The Morgan fingerprint density at radius 1 is 1.00 bits per heavy atom. The third kappa shape index (κ3) is 4.81. The number of amides is 1. The largest absolute Gasteiger partial charge is 0.481 e. The summed E-state index contributed by atoms with van der Waals surface area (Å²) in [5, 5.41) is 3.84. The Balaban J connectivity index is 1.43. The predicted molar refractivity (Wildman–Crippen MR) is 134 cm³/mol. The first-order chi connectivity index (χ1) is 15.8. The van der Waals surface area contributed by atoms with Gasteiger partial charge in [-0.25, -0.2) is 4.98 Å². The molecule has 0 aliphatic carbocycles. The molecule has 0 spiro atoms. The van der Waals surface area contributed by atoms with Gasteiger partial charge in [0.2, 0.25) is 5.89 Å². The zero-order valence-electron chi connectivity index (χ0n) is 18.3. The summed E-state index contributed by atoms with van der Waals surface area (Å²) in [4.78, 5) is 17.0. The molecule has 8 heteroatoms. The van der Waals surface area contributed by atoms with Crippen molar-refractivity contribution in [3.63, 3.8) is 0 Å². The van der Waals surface area contributed by atoms with E-state index in [1.54, 1.807) is 26.0 Å². The maximum absolute atomic E-state index is 12.4. The molecule has 4 aromatic rings. The Labute approximate surface area is 206 Å². The minimum Gasteiger partial charge on any atom is -0.481 e. The van der Waals surface area contributed by atoms with Crippen molar-refractivity contribution in [1.82, 2.24) is 4.98 Å². The highest BCUT2D eigenvalue weighted by molar-refractivity contribution is 6.42. The Morgan fingerprint density at radius 3 is 2.30 bits per heavy atom.